The van der Waals surface area contributed by atoms with E-state index in [1.165, 1.54) is 0 Å². The molecule has 0 radical (unpaired) electrons. The minimum absolute atomic E-state index is 0.565. The maximum atomic E-state index is 10.7. The number of halogens is 1. The molecule has 0 fully saturated rings. The zero-order valence-corrected chi connectivity index (χ0v) is 13.4. The Morgan fingerprint density at radius 3 is 2.50 bits per heavy atom. The van der Waals surface area contributed by atoms with Gasteiger partial charge in [-0.25, -0.2) is 0 Å². The van der Waals surface area contributed by atoms with Gasteiger partial charge in [-0.2, -0.15) is 0 Å². The summed E-state index contributed by atoms with van der Waals surface area (Å²) in [5.74, 6) is 0.793. The molecule has 0 aliphatic carbocycles. The number of rotatable bonds is 5. The van der Waals surface area contributed by atoms with Crippen LogP contribution in [0.15, 0.2) is 53.0 Å². The van der Waals surface area contributed by atoms with Crippen LogP contribution in [-0.2, 0) is 12.0 Å². The van der Waals surface area contributed by atoms with Crippen LogP contribution in [0, 0.1) is 0 Å². The number of ether oxygens (including phenoxy) is 1. The summed E-state index contributed by atoms with van der Waals surface area (Å²) in [5.41, 5.74) is 1.05. The standard InChI is InChI=1S/C17H19BrO2/c1-3-20-16-6-4-5-14(11-16)17(2,19)12-13-7-9-15(18)10-8-13/h4-11,19H,3,12H2,1-2H3. The van der Waals surface area contributed by atoms with Gasteiger partial charge in [0, 0.05) is 10.9 Å². The van der Waals surface area contributed by atoms with Crippen molar-refractivity contribution >= 4 is 15.9 Å². The van der Waals surface area contributed by atoms with Crippen molar-refractivity contribution in [3.05, 3.63) is 64.1 Å². The monoisotopic (exact) mass is 334 g/mol. The molecule has 2 aromatic carbocycles. The highest BCUT2D eigenvalue weighted by Gasteiger charge is 2.24. The first-order valence-corrected chi connectivity index (χ1v) is 7.51. The highest BCUT2D eigenvalue weighted by atomic mass is 79.9. The lowest BCUT2D eigenvalue weighted by molar-refractivity contribution is 0.0573. The first-order chi connectivity index (χ1) is 9.51. The second-order valence-electron chi connectivity index (χ2n) is 5.04. The molecule has 20 heavy (non-hydrogen) atoms. The number of hydrogen-bond donors (Lipinski definition) is 1. The van der Waals surface area contributed by atoms with Crippen molar-refractivity contribution in [3.63, 3.8) is 0 Å². The fourth-order valence-corrected chi connectivity index (χ4v) is 2.45. The maximum absolute atomic E-state index is 10.7. The summed E-state index contributed by atoms with van der Waals surface area (Å²) in [6.07, 6.45) is 0.565. The van der Waals surface area contributed by atoms with Gasteiger partial charge in [0.15, 0.2) is 0 Å². The Balaban J connectivity index is 2.20. The molecule has 0 amide bonds. The Bertz CT molecular complexity index is 561. The Morgan fingerprint density at radius 1 is 1.15 bits per heavy atom. The van der Waals surface area contributed by atoms with E-state index in [4.69, 9.17) is 4.74 Å². The van der Waals surface area contributed by atoms with Crippen molar-refractivity contribution in [1.29, 1.82) is 0 Å². The molecule has 0 heterocycles. The van der Waals surface area contributed by atoms with E-state index in [0.29, 0.717) is 13.0 Å². The molecule has 0 saturated carbocycles. The van der Waals surface area contributed by atoms with E-state index in [1.807, 2.05) is 62.4 Å². The molecule has 1 unspecified atom stereocenters. The van der Waals surface area contributed by atoms with Gasteiger partial charge in [-0.05, 0) is 49.2 Å². The van der Waals surface area contributed by atoms with Gasteiger partial charge in [0.05, 0.1) is 12.2 Å². The van der Waals surface area contributed by atoms with E-state index in [0.717, 1.165) is 21.3 Å². The van der Waals surface area contributed by atoms with Gasteiger partial charge >= 0.3 is 0 Å². The first kappa shape index (κ1) is 15.1. The van der Waals surface area contributed by atoms with Crippen LogP contribution in [0.4, 0.5) is 0 Å². The highest BCUT2D eigenvalue weighted by molar-refractivity contribution is 9.10. The van der Waals surface area contributed by atoms with Gasteiger partial charge in [-0.1, -0.05) is 40.2 Å². The zero-order valence-electron chi connectivity index (χ0n) is 11.8. The van der Waals surface area contributed by atoms with Crippen molar-refractivity contribution in [3.8, 4) is 5.75 Å². The summed E-state index contributed by atoms with van der Waals surface area (Å²) in [4.78, 5) is 0. The highest BCUT2D eigenvalue weighted by Crippen LogP contribution is 2.28. The molecule has 3 heteroatoms. The molecule has 1 atom stereocenters. The van der Waals surface area contributed by atoms with Gasteiger partial charge in [0.1, 0.15) is 5.75 Å². The maximum Gasteiger partial charge on any atom is 0.119 e. The average Bonchev–Trinajstić information content (AvgIpc) is 2.42. The molecule has 0 spiro atoms. The normalized spacial score (nSPS) is 13.8. The van der Waals surface area contributed by atoms with E-state index in [2.05, 4.69) is 15.9 Å². The van der Waals surface area contributed by atoms with E-state index in [1.54, 1.807) is 0 Å². The van der Waals surface area contributed by atoms with Gasteiger partial charge in [0.25, 0.3) is 0 Å². The molecule has 2 aromatic rings. The van der Waals surface area contributed by atoms with Gasteiger partial charge in [-0.15, -0.1) is 0 Å². The predicted molar refractivity (Wildman–Crippen MR) is 85.0 cm³/mol. The van der Waals surface area contributed by atoms with E-state index >= 15 is 0 Å². The number of hydrogen-bond acceptors (Lipinski definition) is 2. The van der Waals surface area contributed by atoms with Crippen molar-refractivity contribution in [2.75, 3.05) is 6.61 Å². The van der Waals surface area contributed by atoms with Crippen LogP contribution in [0.5, 0.6) is 5.75 Å². The Morgan fingerprint density at radius 2 is 1.85 bits per heavy atom. The fraction of sp³-hybridized carbons (Fsp3) is 0.294. The summed E-state index contributed by atoms with van der Waals surface area (Å²) in [5, 5.41) is 10.7. The quantitative estimate of drug-likeness (QED) is 0.883. The summed E-state index contributed by atoms with van der Waals surface area (Å²) >= 11 is 3.42. The van der Waals surface area contributed by atoms with E-state index in [9.17, 15) is 5.11 Å². The first-order valence-electron chi connectivity index (χ1n) is 6.71. The van der Waals surface area contributed by atoms with Gasteiger partial charge < -0.3 is 9.84 Å². The molecule has 0 saturated heterocycles. The van der Waals surface area contributed by atoms with Crippen LogP contribution >= 0.6 is 15.9 Å². The van der Waals surface area contributed by atoms with E-state index in [-0.39, 0.29) is 0 Å². The minimum Gasteiger partial charge on any atom is -0.494 e. The van der Waals surface area contributed by atoms with Crippen LogP contribution in [0.1, 0.15) is 25.0 Å². The lowest BCUT2D eigenvalue weighted by atomic mass is 9.89. The molecule has 106 valence electrons. The molecule has 0 aromatic heterocycles. The molecule has 2 rings (SSSR count). The minimum atomic E-state index is -0.916. The van der Waals surface area contributed by atoms with Gasteiger partial charge in [-0.3, -0.25) is 0 Å². The average molecular weight is 335 g/mol. The summed E-state index contributed by atoms with van der Waals surface area (Å²) < 4.78 is 6.53. The number of benzene rings is 2. The van der Waals surface area contributed by atoms with Crippen LogP contribution < -0.4 is 4.74 Å². The van der Waals surface area contributed by atoms with Crippen molar-refractivity contribution in [1.82, 2.24) is 0 Å². The topological polar surface area (TPSA) is 29.5 Å². The fourth-order valence-electron chi connectivity index (χ4n) is 2.19. The molecule has 0 aliphatic rings. The van der Waals surface area contributed by atoms with Crippen LogP contribution in [0.3, 0.4) is 0 Å². The zero-order chi connectivity index (χ0) is 14.6. The molecular formula is C17H19BrO2. The van der Waals surface area contributed by atoms with Crippen LogP contribution in [-0.4, -0.2) is 11.7 Å². The Hall–Kier alpha value is -1.32. The summed E-state index contributed by atoms with van der Waals surface area (Å²) in [6.45, 7) is 4.41. The molecule has 1 N–H and O–H groups in total. The van der Waals surface area contributed by atoms with Crippen LogP contribution in [0.25, 0.3) is 0 Å². The van der Waals surface area contributed by atoms with Gasteiger partial charge in [0.2, 0.25) is 0 Å². The molecule has 2 nitrogen and oxygen atoms in total. The SMILES string of the molecule is CCOc1cccc(C(C)(O)Cc2ccc(Br)cc2)c1. The molecule has 0 aliphatic heterocycles. The third kappa shape index (κ3) is 3.84. The van der Waals surface area contributed by atoms with E-state index < -0.39 is 5.60 Å². The second kappa shape index (κ2) is 6.42. The third-order valence-corrected chi connectivity index (χ3v) is 3.76. The Kier molecular flexibility index (Phi) is 4.84. The van der Waals surface area contributed by atoms with Crippen molar-refractivity contribution < 1.29 is 9.84 Å². The lowest BCUT2D eigenvalue weighted by Crippen LogP contribution is -2.24. The predicted octanol–water partition coefficient (Wildman–Crippen LogP) is 4.30. The second-order valence-corrected chi connectivity index (χ2v) is 5.95. The third-order valence-electron chi connectivity index (χ3n) is 3.23. The smallest absolute Gasteiger partial charge is 0.119 e. The molecular weight excluding hydrogens is 316 g/mol. The van der Waals surface area contributed by atoms with Crippen LogP contribution in [0.2, 0.25) is 0 Å². The molecule has 0 bridgehead atoms. The lowest BCUT2D eigenvalue weighted by Gasteiger charge is -2.24. The summed E-state index contributed by atoms with van der Waals surface area (Å²) in [7, 11) is 0. The largest absolute Gasteiger partial charge is 0.494 e. The summed E-state index contributed by atoms with van der Waals surface area (Å²) in [6, 6.07) is 15.7. The van der Waals surface area contributed by atoms with Crippen molar-refractivity contribution in [2.24, 2.45) is 0 Å². The number of aliphatic hydroxyl groups is 1. The van der Waals surface area contributed by atoms with Crippen molar-refractivity contribution in [2.45, 2.75) is 25.9 Å². The Labute approximate surface area is 128 Å².